The number of aliphatic hydroxyl groups excluding tert-OH is 1. The quantitative estimate of drug-likeness (QED) is 0.456. The Kier molecular flexibility index (Phi) is 5.33. The number of rotatable bonds is 4. The molecule has 3 atom stereocenters. The smallest absolute Gasteiger partial charge is 0.174 e. The van der Waals surface area contributed by atoms with Crippen molar-refractivity contribution in [3.8, 4) is 40.2 Å². The summed E-state index contributed by atoms with van der Waals surface area (Å²) in [6.45, 7) is -0.306. The van der Waals surface area contributed by atoms with Crippen molar-refractivity contribution in [1.29, 1.82) is 0 Å². The number of carbonyl (C=O) groups is 1. The van der Waals surface area contributed by atoms with Gasteiger partial charge in [-0.05, 0) is 29.8 Å². The summed E-state index contributed by atoms with van der Waals surface area (Å²) >= 11 is 0. The summed E-state index contributed by atoms with van der Waals surface area (Å²) in [5.41, 5.74) is 1.31. The number of carbonyl (C=O) groups excluding carboxylic acids is 1. The molecule has 0 bridgehead atoms. The molecule has 2 aliphatic heterocycles. The third-order valence-electron chi connectivity index (χ3n) is 5.91. The lowest BCUT2D eigenvalue weighted by Crippen LogP contribution is -2.36. The largest absolute Gasteiger partial charge is 0.508 e. The van der Waals surface area contributed by atoms with Crippen LogP contribution < -0.4 is 18.9 Å². The number of Topliss-reactive ketones (excluding diaryl/α,β-unsaturated/α-hetero) is 1. The number of aromatic hydroxyl groups is 3. The van der Waals surface area contributed by atoms with Crippen LogP contribution in [0.15, 0.2) is 48.5 Å². The van der Waals surface area contributed by atoms with Crippen LogP contribution in [0.1, 0.15) is 40.1 Å². The van der Waals surface area contributed by atoms with Gasteiger partial charge in [0.05, 0.1) is 20.1 Å². The zero-order chi connectivity index (χ0) is 24.0. The molecule has 176 valence electrons. The fraction of sp³-hybridized carbons (Fsp3) is 0.240. The highest BCUT2D eigenvalue weighted by molar-refractivity contribution is 6.02. The van der Waals surface area contributed by atoms with E-state index in [2.05, 4.69) is 0 Å². The summed E-state index contributed by atoms with van der Waals surface area (Å²) in [7, 11) is 1.44. The molecule has 0 aliphatic carbocycles. The Labute approximate surface area is 194 Å². The monoisotopic (exact) mass is 466 g/mol. The van der Waals surface area contributed by atoms with E-state index in [4.69, 9.17) is 18.9 Å². The highest BCUT2D eigenvalue weighted by atomic mass is 16.6. The number of hydrogen-bond acceptors (Lipinski definition) is 9. The molecule has 0 aromatic heterocycles. The Bertz CT molecular complexity index is 1270. The number of ketones is 1. The van der Waals surface area contributed by atoms with Crippen LogP contribution in [-0.2, 0) is 0 Å². The van der Waals surface area contributed by atoms with Gasteiger partial charge < -0.3 is 39.4 Å². The maximum Gasteiger partial charge on any atom is 0.174 e. The lowest BCUT2D eigenvalue weighted by molar-refractivity contribution is -0.0126. The van der Waals surface area contributed by atoms with Gasteiger partial charge in [0.1, 0.15) is 28.9 Å². The number of phenols is 3. The first-order chi connectivity index (χ1) is 16.4. The van der Waals surface area contributed by atoms with E-state index in [-0.39, 0.29) is 53.1 Å². The van der Waals surface area contributed by atoms with E-state index in [0.29, 0.717) is 22.6 Å². The van der Waals surface area contributed by atoms with E-state index < -0.39 is 18.3 Å². The van der Waals surface area contributed by atoms with Gasteiger partial charge in [-0.3, -0.25) is 4.79 Å². The van der Waals surface area contributed by atoms with Gasteiger partial charge in [-0.15, -0.1) is 0 Å². The molecular formula is C25H22O9. The van der Waals surface area contributed by atoms with Crippen LogP contribution in [0, 0.1) is 0 Å². The fourth-order valence-electron chi connectivity index (χ4n) is 4.25. The van der Waals surface area contributed by atoms with Crippen LogP contribution in [0.5, 0.6) is 40.2 Å². The van der Waals surface area contributed by atoms with Crippen LogP contribution in [0.25, 0.3) is 0 Å². The number of fused-ring (bicyclic) bond motifs is 2. The molecule has 2 heterocycles. The summed E-state index contributed by atoms with van der Waals surface area (Å²) in [5.74, 6) is 0.287. The second-order valence-electron chi connectivity index (χ2n) is 8.09. The van der Waals surface area contributed by atoms with Gasteiger partial charge >= 0.3 is 0 Å². The van der Waals surface area contributed by atoms with Crippen LogP contribution in [0.2, 0.25) is 0 Å². The van der Waals surface area contributed by atoms with Crippen LogP contribution >= 0.6 is 0 Å². The molecule has 3 aromatic carbocycles. The zero-order valence-electron chi connectivity index (χ0n) is 18.1. The topological polar surface area (TPSA) is 135 Å². The number of methoxy groups -OCH3 is 1. The maximum atomic E-state index is 12.7. The van der Waals surface area contributed by atoms with Crippen LogP contribution in [-0.4, -0.2) is 46.0 Å². The second-order valence-corrected chi connectivity index (χ2v) is 8.09. The van der Waals surface area contributed by atoms with E-state index in [1.165, 1.54) is 19.2 Å². The van der Waals surface area contributed by atoms with Crippen LogP contribution in [0.4, 0.5) is 0 Å². The van der Waals surface area contributed by atoms with Crippen molar-refractivity contribution >= 4 is 5.78 Å². The SMILES string of the molecule is COc1cc([C@@H]2Oc3cc([C@H]4CC(=O)c5c(O)cc(O)cc5O4)ccc3O[C@@H]2CO)ccc1O. The van der Waals surface area contributed by atoms with Gasteiger partial charge in [0.15, 0.2) is 41.0 Å². The molecule has 5 rings (SSSR count). The minimum Gasteiger partial charge on any atom is -0.508 e. The van der Waals surface area contributed by atoms with Crippen LogP contribution in [0.3, 0.4) is 0 Å². The molecule has 3 aromatic rings. The number of benzene rings is 3. The molecule has 0 fully saturated rings. The van der Waals surface area contributed by atoms with Crippen molar-refractivity contribution in [1.82, 2.24) is 0 Å². The predicted octanol–water partition coefficient (Wildman–Crippen LogP) is 3.39. The average molecular weight is 466 g/mol. The third kappa shape index (κ3) is 3.69. The molecular weight excluding hydrogens is 444 g/mol. The van der Waals surface area contributed by atoms with Crippen molar-refractivity contribution in [2.45, 2.75) is 24.7 Å². The molecule has 0 saturated carbocycles. The van der Waals surface area contributed by atoms with Gasteiger partial charge in [0, 0.05) is 17.7 Å². The van der Waals surface area contributed by atoms with E-state index in [0.717, 1.165) is 6.07 Å². The number of aliphatic hydroxyl groups is 1. The Morgan fingerprint density at radius 2 is 1.68 bits per heavy atom. The molecule has 0 saturated heterocycles. The van der Waals surface area contributed by atoms with Gasteiger partial charge in [0.25, 0.3) is 0 Å². The normalized spacial score (nSPS) is 20.9. The number of hydrogen-bond donors (Lipinski definition) is 4. The molecule has 9 heteroatoms. The van der Waals surface area contributed by atoms with Crippen molar-refractivity contribution < 1.29 is 44.2 Å². The molecule has 2 aliphatic rings. The van der Waals surface area contributed by atoms with E-state index in [1.54, 1.807) is 30.3 Å². The minimum atomic E-state index is -0.696. The second kappa shape index (κ2) is 8.35. The summed E-state index contributed by atoms with van der Waals surface area (Å²) in [5, 5.41) is 39.6. The molecule has 9 nitrogen and oxygen atoms in total. The standard InChI is InChI=1S/C25H22O9/c1-31-20-7-13(2-4-15(20)28)25-23(11-26)32-18-5-3-12(6-21(18)34-25)19-10-17(30)24-16(29)8-14(27)9-22(24)33-19/h2-9,19,23,25-29H,10-11H2,1H3/t19-,23-,25+/m1/s1. The van der Waals surface area contributed by atoms with E-state index in [9.17, 15) is 25.2 Å². The molecule has 4 N–H and O–H groups in total. The molecule has 34 heavy (non-hydrogen) atoms. The van der Waals surface area contributed by atoms with Crippen molar-refractivity contribution in [2.75, 3.05) is 13.7 Å². The summed E-state index contributed by atoms with van der Waals surface area (Å²) in [6.07, 6.45) is -2.07. The third-order valence-corrected chi connectivity index (χ3v) is 5.91. The first kappa shape index (κ1) is 21.7. The predicted molar refractivity (Wildman–Crippen MR) is 118 cm³/mol. The van der Waals surface area contributed by atoms with Gasteiger partial charge in [-0.25, -0.2) is 0 Å². The Balaban J connectivity index is 1.46. The lowest BCUT2D eigenvalue weighted by Gasteiger charge is -2.34. The highest BCUT2D eigenvalue weighted by Gasteiger charge is 2.35. The summed E-state index contributed by atoms with van der Waals surface area (Å²) < 4.78 is 23.2. The first-order valence-electron chi connectivity index (χ1n) is 10.6. The maximum absolute atomic E-state index is 12.7. The lowest BCUT2D eigenvalue weighted by atomic mass is 9.95. The Morgan fingerprint density at radius 3 is 2.44 bits per heavy atom. The first-order valence-corrected chi connectivity index (χ1v) is 10.6. The molecule has 0 radical (unpaired) electrons. The zero-order valence-corrected chi connectivity index (χ0v) is 18.1. The minimum absolute atomic E-state index is 0.0111. The highest BCUT2D eigenvalue weighted by Crippen LogP contribution is 2.45. The number of phenolic OH excluding ortho intramolecular Hbond substituents is 3. The van der Waals surface area contributed by atoms with Gasteiger partial charge in [-0.1, -0.05) is 12.1 Å². The Hall–Kier alpha value is -4.11. The number of ether oxygens (including phenoxy) is 4. The van der Waals surface area contributed by atoms with Crippen molar-refractivity contribution in [3.63, 3.8) is 0 Å². The van der Waals surface area contributed by atoms with Crippen molar-refractivity contribution in [2.24, 2.45) is 0 Å². The summed E-state index contributed by atoms with van der Waals surface area (Å²) in [6, 6.07) is 12.2. The fourth-order valence-corrected chi connectivity index (χ4v) is 4.25. The Morgan fingerprint density at radius 1 is 0.882 bits per heavy atom. The summed E-state index contributed by atoms with van der Waals surface area (Å²) in [4.78, 5) is 12.7. The van der Waals surface area contributed by atoms with Crippen molar-refractivity contribution in [3.05, 3.63) is 65.2 Å². The molecule has 0 unspecified atom stereocenters. The molecule has 0 spiro atoms. The van der Waals surface area contributed by atoms with Gasteiger partial charge in [-0.2, -0.15) is 0 Å². The molecule has 0 amide bonds. The van der Waals surface area contributed by atoms with E-state index >= 15 is 0 Å². The van der Waals surface area contributed by atoms with E-state index in [1.807, 2.05) is 0 Å². The average Bonchev–Trinajstić information content (AvgIpc) is 2.82. The van der Waals surface area contributed by atoms with Gasteiger partial charge in [0.2, 0.25) is 0 Å².